The summed E-state index contributed by atoms with van der Waals surface area (Å²) in [5.41, 5.74) is 10.4. The molecule has 26 heavy (non-hydrogen) atoms. The molecule has 132 valence electrons. The first kappa shape index (κ1) is 17.1. The molecule has 1 amide bonds. The van der Waals surface area contributed by atoms with Crippen LogP contribution in [0.15, 0.2) is 52.6 Å². The van der Waals surface area contributed by atoms with Gasteiger partial charge in [-0.3, -0.25) is 4.79 Å². The highest BCUT2D eigenvalue weighted by atomic mass is 35.5. The summed E-state index contributed by atoms with van der Waals surface area (Å²) in [7, 11) is 0. The van der Waals surface area contributed by atoms with Crippen molar-refractivity contribution in [2.24, 2.45) is 10.1 Å². The average Bonchev–Trinajstić information content (AvgIpc) is 2.98. The molecule has 0 aromatic heterocycles. The van der Waals surface area contributed by atoms with E-state index in [4.69, 9.17) is 22.4 Å². The summed E-state index contributed by atoms with van der Waals surface area (Å²) in [6.45, 7) is 2.08. The summed E-state index contributed by atoms with van der Waals surface area (Å²) in [4.78, 5) is 15.8. The predicted octanol–water partition coefficient (Wildman–Crippen LogP) is 3.55. The number of carbonyl (C=O) groups is 1. The van der Waals surface area contributed by atoms with Gasteiger partial charge >= 0.3 is 0 Å². The monoisotopic (exact) mass is 384 g/mol. The molecule has 2 aliphatic rings. The van der Waals surface area contributed by atoms with Crippen LogP contribution in [0.4, 0.5) is 5.69 Å². The molecule has 0 saturated heterocycles. The highest BCUT2D eigenvalue weighted by Crippen LogP contribution is 2.29. The molecule has 0 saturated carbocycles. The first-order valence-electron chi connectivity index (χ1n) is 8.28. The van der Waals surface area contributed by atoms with E-state index in [1.165, 1.54) is 11.8 Å². The molecule has 2 heterocycles. The number of nitrogens with zero attached hydrogens (tertiary/aromatic N) is 3. The number of nitrogens with two attached hydrogens (primary N) is 1. The minimum absolute atomic E-state index is 0.0679. The van der Waals surface area contributed by atoms with E-state index in [9.17, 15) is 4.79 Å². The third-order valence-corrected chi connectivity index (χ3v) is 5.56. The lowest BCUT2D eigenvalue weighted by molar-refractivity contribution is -0.115. The van der Waals surface area contributed by atoms with Gasteiger partial charge in [0.25, 0.3) is 5.91 Å². The van der Waals surface area contributed by atoms with Gasteiger partial charge in [-0.1, -0.05) is 41.6 Å². The van der Waals surface area contributed by atoms with Gasteiger partial charge in [0.2, 0.25) is 0 Å². The van der Waals surface area contributed by atoms with Gasteiger partial charge in [-0.25, -0.2) is 5.01 Å². The second kappa shape index (κ2) is 6.78. The Morgan fingerprint density at radius 2 is 2.00 bits per heavy atom. The Bertz CT molecular complexity index is 939. The van der Waals surface area contributed by atoms with Crippen LogP contribution in [-0.4, -0.2) is 33.6 Å². The van der Waals surface area contributed by atoms with Gasteiger partial charge in [-0.2, -0.15) is 10.1 Å². The van der Waals surface area contributed by atoms with Gasteiger partial charge in [0, 0.05) is 21.8 Å². The number of rotatable bonds is 1. The molecule has 5 nitrogen and oxygen atoms in total. The Balaban J connectivity index is 1.89. The highest BCUT2D eigenvalue weighted by Gasteiger charge is 2.29. The van der Waals surface area contributed by atoms with E-state index < -0.39 is 0 Å². The molecule has 7 heteroatoms. The number of amides is 1. The quantitative estimate of drug-likeness (QED) is 0.763. The van der Waals surface area contributed by atoms with Crippen molar-refractivity contribution in [2.45, 2.75) is 19.4 Å². The summed E-state index contributed by atoms with van der Waals surface area (Å²) in [5.74, 6) is 0.246. The van der Waals surface area contributed by atoms with Crippen LogP contribution in [0.1, 0.15) is 23.6 Å². The normalized spacial score (nSPS) is 19.7. The molecule has 2 aliphatic heterocycles. The maximum atomic E-state index is 11.6. The van der Waals surface area contributed by atoms with Crippen molar-refractivity contribution in [3.63, 3.8) is 0 Å². The van der Waals surface area contributed by atoms with Crippen LogP contribution in [0, 0.1) is 0 Å². The number of thioether (sulfide) groups is 1. The smallest absolute Gasteiger partial charge is 0.258 e. The number of hydrogen-bond acceptors (Lipinski definition) is 5. The number of anilines is 1. The fourth-order valence-corrected chi connectivity index (χ4v) is 4.12. The van der Waals surface area contributed by atoms with Crippen LogP contribution in [0.3, 0.4) is 0 Å². The third-order valence-electron chi connectivity index (χ3n) is 4.39. The zero-order valence-corrected chi connectivity index (χ0v) is 15.7. The Labute approximate surface area is 160 Å². The third kappa shape index (κ3) is 3.22. The summed E-state index contributed by atoms with van der Waals surface area (Å²) in [5, 5.41) is 8.07. The molecule has 0 aliphatic carbocycles. The molecule has 2 aromatic carbocycles. The van der Waals surface area contributed by atoms with Crippen LogP contribution in [0.5, 0.6) is 0 Å². The lowest BCUT2D eigenvalue weighted by atomic mass is 9.95. The number of nitrogen functional groups attached to an aromatic ring is 1. The minimum Gasteiger partial charge on any atom is -0.399 e. The first-order chi connectivity index (χ1) is 12.5. The highest BCUT2D eigenvalue weighted by molar-refractivity contribution is 8.14. The Kier molecular flexibility index (Phi) is 4.46. The summed E-state index contributed by atoms with van der Waals surface area (Å²) < 4.78 is 0. The van der Waals surface area contributed by atoms with E-state index in [-0.39, 0.29) is 11.9 Å². The van der Waals surface area contributed by atoms with Crippen LogP contribution < -0.4 is 5.73 Å². The molecule has 1 atom stereocenters. The lowest BCUT2D eigenvalue weighted by Gasteiger charge is -2.24. The summed E-state index contributed by atoms with van der Waals surface area (Å²) in [6, 6.07) is 13.5. The van der Waals surface area contributed by atoms with E-state index in [1.54, 1.807) is 0 Å². The van der Waals surface area contributed by atoms with E-state index in [0.29, 0.717) is 21.6 Å². The Morgan fingerprint density at radius 3 is 2.69 bits per heavy atom. The molecule has 0 radical (unpaired) electrons. The van der Waals surface area contributed by atoms with Gasteiger partial charge < -0.3 is 5.73 Å². The Hall–Kier alpha value is -2.31. The fourth-order valence-electron chi connectivity index (χ4n) is 3.11. The average molecular weight is 385 g/mol. The number of hydrazone groups is 1. The SMILES string of the molecule is CC1Cc2ccc(Cl)cc2C(c2ccc(N)cc2)=NN1C1=NC(=O)CS1. The standard InChI is InChI=1S/C19H17ClN4OS/c1-11-8-13-2-5-14(20)9-16(13)18(12-3-6-15(21)7-4-12)23-24(11)19-22-17(25)10-26-19/h2-7,9,11H,8,10,21H2,1H3. The van der Waals surface area contributed by atoms with Crippen molar-refractivity contribution in [1.82, 2.24) is 5.01 Å². The molecule has 4 rings (SSSR count). The number of benzene rings is 2. The Morgan fingerprint density at radius 1 is 1.23 bits per heavy atom. The lowest BCUT2D eigenvalue weighted by Crippen LogP contribution is -2.33. The van der Waals surface area contributed by atoms with Crippen molar-refractivity contribution in [3.8, 4) is 0 Å². The number of hydrogen-bond donors (Lipinski definition) is 1. The van der Waals surface area contributed by atoms with E-state index in [0.717, 1.165) is 28.8 Å². The van der Waals surface area contributed by atoms with Crippen LogP contribution in [0.2, 0.25) is 5.02 Å². The van der Waals surface area contributed by atoms with E-state index >= 15 is 0 Å². The predicted molar refractivity (Wildman–Crippen MR) is 108 cm³/mol. The van der Waals surface area contributed by atoms with E-state index in [1.807, 2.05) is 47.5 Å². The van der Waals surface area contributed by atoms with Crippen molar-refractivity contribution in [1.29, 1.82) is 0 Å². The summed E-state index contributed by atoms with van der Waals surface area (Å²) in [6.07, 6.45) is 0.780. The van der Waals surface area contributed by atoms with Crippen LogP contribution in [0.25, 0.3) is 0 Å². The largest absolute Gasteiger partial charge is 0.399 e. The van der Waals surface area contributed by atoms with Crippen molar-refractivity contribution in [3.05, 3.63) is 64.2 Å². The number of halogens is 1. The molecule has 0 bridgehead atoms. The van der Waals surface area contributed by atoms with Crippen LogP contribution in [-0.2, 0) is 11.2 Å². The number of aliphatic imine (C=N–C) groups is 1. The molecular formula is C19H17ClN4OS. The molecule has 0 spiro atoms. The maximum Gasteiger partial charge on any atom is 0.258 e. The zero-order chi connectivity index (χ0) is 18.3. The van der Waals surface area contributed by atoms with E-state index in [2.05, 4.69) is 11.9 Å². The van der Waals surface area contributed by atoms with Gasteiger partial charge in [-0.05, 0) is 43.2 Å². The van der Waals surface area contributed by atoms with Gasteiger partial charge in [0.05, 0.1) is 17.5 Å². The van der Waals surface area contributed by atoms with Crippen LogP contribution >= 0.6 is 23.4 Å². The zero-order valence-electron chi connectivity index (χ0n) is 14.1. The minimum atomic E-state index is -0.119. The molecular weight excluding hydrogens is 368 g/mol. The molecule has 2 N–H and O–H groups in total. The van der Waals surface area contributed by atoms with Crippen molar-refractivity contribution >= 4 is 45.8 Å². The van der Waals surface area contributed by atoms with Gasteiger partial charge in [-0.15, -0.1) is 0 Å². The van der Waals surface area contributed by atoms with Gasteiger partial charge in [0.15, 0.2) is 5.17 Å². The molecule has 1 unspecified atom stereocenters. The maximum absolute atomic E-state index is 11.6. The molecule has 0 fully saturated rings. The van der Waals surface area contributed by atoms with Crippen molar-refractivity contribution < 1.29 is 4.79 Å². The molecule has 2 aromatic rings. The fraction of sp³-hybridized carbons (Fsp3) is 0.211. The topological polar surface area (TPSA) is 71.0 Å². The van der Waals surface area contributed by atoms with Crippen molar-refractivity contribution in [2.75, 3.05) is 11.5 Å². The first-order valence-corrected chi connectivity index (χ1v) is 9.64. The summed E-state index contributed by atoms with van der Waals surface area (Å²) >= 11 is 7.69. The number of fused-ring (bicyclic) bond motifs is 1. The number of carbonyl (C=O) groups excluding carboxylic acids is 1. The number of amidine groups is 1. The second-order valence-electron chi connectivity index (χ2n) is 6.35. The van der Waals surface area contributed by atoms with Gasteiger partial charge in [0.1, 0.15) is 0 Å². The second-order valence-corrected chi connectivity index (χ2v) is 7.73.